The number of methoxy groups -OCH3 is 2. The maximum atomic E-state index is 13.5. The predicted octanol–water partition coefficient (Wildman–Crippen LogP) is 3.31. The van der Waals surface area contributed by atoms with E-state index in [0.717, 1.165) is 13.1 Å². The second-order valence-electron chi connectivity index (χ2n) is 8.50. The normalized spacial score (nSPS) is 18.8. The van der Waals surface area contributed by atoms with E-state index in [1.54, 1.807) is 45.4 Å². The van der Waals surface area contributed by atoms with E-state index in [1.165, 1.54) is 17.7 Å². The molecule has 0 spiro atoms. The van der Waals surface area contributed by atoms with Crippen molar-refractivity contribution in [1.29, 1.82) is 0 Å². The maximum Gasteiger partial charge on any atom is 0.200 e. The molecule has 2 aromatic carbocycles. The lowest BCUT2D eigenvalue weighted by Crippen LogP contribution is -3.12. The van der Waals surface area contributed by atoms with Crippen molar-refractivity contribution in [3.05, 3.63) is 51.9 Å². The van der Waals surface area contributed by atoms with Gasteiger partial charge in [0.1, 0.15) is 18.1 Å². The number of phenols is 1. The van der Waals surface area contributed by atoms with Crippen LogP contribution in [-0.4, -0.2) is 32.4 Å². The Morgan fingerprint density at radius 3 is 2.65 bits per heavy atom. The first-order valence-electron chi connectivity index (χ1n) is 10.8. The van der Waals surface area contributed by atoms with Crippen molar-refractivity contribution in [2.24, 2.45) is 5.92 Å². The number of nitrogens with one attached hydrogen (secondary N) is 1. The summed E-state index contributed by atoms with van der Waals surface area (Å²) in [5.41, 5.74) is 2.27. The fourth-order valence-electron chi connectivity index (χ4n) is 4.72. The van der Waals surface area contributed by atoms with Gasteiger partial charge in [-0.25, -0.2) is 0 Å². The Balaban J connectivity index is 1.83. The number of likely N-dealkylation sites (tertiary alicyclic amines) is 1. The van der Waals surface area contributed by atoms with E-state index in [4.69, 9.17) is 13.9 Å². The largest absolute Gasteiger partial charge is 0.507 e. The summed E-state index contributed by atoms with van der Waals surface area (Å²) in [6.45, 7) is 6.82. The third-order valence-corrected chi connectivity index (χ3v) is 6.28. The van der Waals surface area contributed by atoms with Gasteiger partial charge in [0.15, 0.2) is 17.1 Å². The van der Waals surface area contributed by atoms with Crippen LogP contribution in [0.25, 0.3) is 22.1 Å². The van der Waals surface area contributed by atoms with Crippen LogP contribution in [0, 0.1) is 12.8 Å². The van der Waals surface area contributed by atoms with Crippen molar-refractivity contribution in [2.75, 3.05) is 27.3 Å². The summed E-state index contributed by atoms with van der Waals surface area (Å²) < 4.78 is 16.9. The van der Waals surface area contributed by atoms with Gasteiger partial charge in [-0.05, 0) is 49.6 Å². The van der Waals surface area contributed by atoms with E-state index in [1.807, 2.05) is 6.07 Å². The number of hydrogen-bond donors (Lipinski definition) is 2. The van der Waals surface area contributed by atoms with Crippen LogP contribution >= 0.6 is 0 Å². The molecule has 164 valence electrons. The molecular weight excluding hydrogens is 394 g/mol. The molecule has 4 rings (SSSR count). The first kappa shape index (κ1) is 21.2. The van der Waals surface area contributed by atoms with Gasteiger partial charge in [-0.2, -0.15) is 0 Å². The van der Waals surface area contributed by atoms with Crippen LogP contribution in [-0.2, 0) is 6.54 Å². The maximum absolute atomic E-state index is 13.5. The van der Waals surface area contributed by atoms with Gasteiger partial charge in [0.2, 0.25) is 5.43 Å². The minimum Gasteiger partial charge on any atom is -0.507 e. The Morgan fingerprint density at radius 1 is 1.16 bits per heavy atom. The lowest BCUT2D eigenvalue weighted by molar-refractivity contribution is -0.922. The van der Waals surface area contributed by atoms with Crippen molar-refractivity contribution < 1.29 is 23.9 Å². The summed E-state index contributed by atoms with van der Waals surface area (Å²) >= 11 is 0. The highest BCUT2D eigenvalue weighted by Gasteiger charge is 2.25. The number of rotatable bonds is 5. The molecular formula is C25H30NO5+. The van der Waals surface area contributed by atoms with Crippen LogP contribution < -0.4 is 19.8 Å². The second kappa shape index (κ2) is 8.63. The van der Waals surface area contributed by atoms with Crippen molar-refractivity contribution in [3.63, 3.8) is 0 Å². The molecule has 1 unspecified atom stereocenters. The Hall–Kier alpha value is -2.99. The second-order valence-corrected chi connectivity index (χ2v) is 8.50. The molecule has 2 heterocycles. The topological polar surface area (TPSA) is 73.3 Å². The Bertz CT molecular complexity index is 1170. The molecule has 1 aliphatic rings. The molecule has 1 saturated heterocycles. The van der Waals surface area contributed by atoms with Gasteiger partial charge in [0, 0.05) is 5.92 Å². The lowest BCUT2D eigenvalue weighted by atomic mass is 9.98. The number of ether oxygens (including phenoxy) is 2. The Morgan fingerprint density at radius 2 is 1.94 bits per heavy atom. The quantitative estimate of drug-likeness (QED) is 0.658. The average molecular weight is 425 g/mol. The third kappa shape index (κ3) is 4.00. The smallest absolute Gasteiger partial charge is 0.200 e. The van der Waals surface area contributed by atoms with E-state index in [2.05, 4.69) is 6.92 Å². The molecule has 3 aromatic rings. The first-order chi connectivity index (χ1) is 14.9. The van der Waals surface area contributed by atoms with E-state index >= 15 is 0 Å². The van der Waals surface area contributed by atoms with Crippen LogP contribution in [0.4, 0.5) is 0 Å². The first-order valence-corrected chi connectivity index (χ1v) is 10.8. The van der Waals surface area contributed by atoms with Crippen molar-refractivity contribution in [1.82, 2.24) is 0 Å². The molecule has 2 atom stereocenters. The average Bonchev–Trinajstić information content (AvgIpc) is 2.75. The molecule has 0 saturated carbocycles. The zero-order valence-corrected chi connectivity index (χ0v) is 18.6. The number of aromatic hydroxyl groups is 1. The Kier molecular flexibility index (Phi) is 5.92. The number of fused-ring (bicyclic) bond motifs is 1. The van der Waals surface area contributed by atoms with Gasteiger partial charge in [0.05, 0.1) is 43.8 Å². The van der Waals surface area contributed by atoms with Crippen LogP contribution in [0.15, 0.2) is 39.5 Å². The summed E-state index contributed by atoms with van der Waals surface area (Å²) in [5.74, 6) is 2.50. The highest BCUT2D eigenvalue weighted by Crippen LogP contribution is 2.34. The van der Waals surface area contributed by atoms with E-state index in [0.29, 0.717) is 57.4 Å². The van der Waals surface area contributed by atoms with E-state index < -0.39 is 0 Å². The number of hydrogen-bond acceptors (Lipinski definition) is 5. The SMILES string of the molecule is COc1ccc(-c2c(C)oc3c(C[NH+]4CCC[C@H](C)C4)c(O)ccc3c2=O)cc1OC. The van der Waals surface area contributed by atoms with Crippen molar-refractivity contribution in [3.8, 4) is 28.4 Å². The standard InChI is InChI=1S/C25H29NO5/c1-15-6-5-11-26(13-15)14-19-20(27)9-8-18-24(28)23(16(2)31-25(18)19)17-7-10-21(29-3)22(12-17)30-4/h7-10,12,15,27H,5-6,11,13-14H2,1-4H3/p+1/t15-/m0/s1. The molecule has 31 heavy (non-hydrogen) atoms. The number of aryl methyl sites for hydroxylation is 1. The van der Waals surface area contributed by atoms with E-state index in [-0.39, 0.29) is 11.2 Å². The number of phenolic OH excluding ortho intramolecular Hbond substituents is 1. The van der Waals surface area contributed by atoms with Crippen molar-refractivity contribution >= 4 is 11.0 Å². The number of benzene rings is 2. The highest BCUT2D eigenvalue weighted by molar-refractivity contribution is 5.86. The van der Waals surface area contributed by atoms with Crippen LogP contribution in [0.1, 0.15) is 31.1 Å². The Labute approximate surface area is 182 Å². The minimum atomic E-state index is -0.116. The van der Waals surface area contributed by atoms with Gasteiger partial charge in [-0.1, -0.05) is 13.0 Å². The molecule has 0 radical (unpaired) electrons. The van der Waals surface area contributed by atoms with Crippen LogP contribution in [0.5, 0.6) is 17.2 Å². The molecule has 1 aliphatic heterocycles. The molecule has 2 N–H and O–H groups in total. The molecule has 1 aromatic heterocycles. The fourth-order valence-corrected chi connectivity index (χ4v) is 4.72. The molecule has 1 fully saturated rings. The van der Waals surface area contributed by atoms with Gasteiger partial charge in [-0.15, -0.1) is 0 Å². The summed E-state index contributed by atoms with van der Waals surface area (Å²) in [5, 5.41) is 11.1. The summed E-state index contributed by atoms with van der Waals surface area (Å²) in [6, 6.07) is 8.64. The predicted molar refractivity (Wildman–Crippen MR) is 120 cm³/mol. The molecule has 6 nitrogen and oxygen atoms in total. The van der Waals surface area contributed by atoms with Gasteiger partial charge in [-0.3, -0.25) is 4.79 Å². The summed E-state index contributed by atoms with van der Waals surface area (Å²) in [4.78, 5) is 14.9. The molecule has 0 aliphatic carbocycles. The monoisotopic (exact) mass is 424 g/mol. The van der Waals surface area contributed by atoms with Gasteiger partial charge >= 0.3 is 0 Å². The lowest BCUT2D eigenvalue weighted by Gasteiger charge is -2.28. The third-order valence-electron chi connectivity index (χ3n) is 6.28. The minimum absolute atomic E-state index is 0.116. The zero-order chi connectivity index (χ0) is 22.1. The van der Waals surface area contributed by atoms with Crippen molar-refractivity contribution in [2.45, 2.75) is 33.2 Å². The number of quaternary nitrogens is 1. The molecule has 6 heteroatoms. The highest BCUT2D eigenvalue weighted by atomic mass is 16.5. The van der Waals surface area contributed by atoms with E-state index in [9.17, 15) is 9.90 Å². The number of piperidine rings is 1. The molecule has 0 amide bonds. The zero-order valence-electron chi connectivity index (χ0n) is 18.6. The van der Waals surface area contributed by atoms with Crippen LogP contribution in [0.2, 0.25) is 0 Å². The summed E-state index contributed by atoms with van der Waals surface area (Å²) in [7, 11) is 3.14. The fraction of sp³-hybridized carbons (Fsp3) is 0.400. The van der Waals surface area contributed by atoms with Crippen LogP contribution in [0.3, 0.4) is 0 Å². The van der Waals surface area contributed by atoms with Gasteiger partial charge in [0.25, 0.3) is 0 Å². The van der Waals surface area contributed by atoms with Gasteiger partial charge < -0.3 is 23.9 Å². The molecule has 0 bridgehead atoms. The summed E-state index contributed by atoms with van der Waals surface area (Å²) in [6.07, 6.45) is 2.42.